The summed E-state index contributed by atoms with van der Waals surface area (Å²) in [5.74, 6) is -0.974. The number of imide groups is 1. The number of fused-ring (bicyclic) bond motifs is 1. The summed E-state index contributed by atoms with van der Waals surface area (Å²) in [7, 11) is 0. The number of aliphatic imine (C=N–C) groups is 1. The summed E-state index contributed by atoms with van der Waals surface area (Å²) in [6.45, 7) is 1.68. The van der Waals surface area contributed by atoms with E-state index in [1.165, 1.54) is 0 Å². The Labute approximate surface area is 183 Å². The van der Waals surface area contributed by atoms with Crippen LogP contribution in [0.4, 0.5) is 5.69 Å². The Balaban J connectivity index is 1.69. The van der Waals surface area contributed by atoms with Gasteiger partial charge in [0.2, 0.25) is 0 Å². The van der Waals surface area contributed by atoms with E-state index in [0.717, 1.165) is 16.8 Å². The van der Waals surface area contributed by atoms with Gasteiger partial charge in [0.05, 0.1) is 28.7 Å². The standard InChI is InChI=1S/C24H18N6O2/c1-14(25)24(11-15-5-4-6-16-12-26-8-10-30(24)21(15)16)20-19(22(31)28-23(20)32)17-13-27-18-7-2-3-9-29(17)18/h2-10,12-13,25H,11H2,1H3,(H,28,31,32). The normalized spacial score (nSPS) is 21.3. The Kier molecular flexibility index (Phi) is 3.65. The van der Waals surface area contributed by atoms with Crippen molar-refractivity contribution in [3.8, 4) is 0 Å². The van der Waals surface area contributed by atoms with Crippen molar-refractivity contribution in [3.05, 3.63) is 83.6 Å². The van der Waals surface area contributed by atoms with Crippen LogP contribution in [0.15, 0.2) is 71.8 Å². The monoisotopic (exact) mass is 422 g/mol. The van der Waals surface area contributed by atoms with Gasteiger partial charge in [-0.25, -0.2) is 4.98 Å². The molecule has 32 heavy (non-hydrogen) atoms. The van der Waals surface area contributed by atoms with Gasteiger partial charge in [-0.2, -0.15) is 0 Å². The molecule has 1 unspecified atom stereocenters. The van der Waals surface area contributed by atoms with E-state index in [4.69, 9.17) is 5.41 Å². The van der Waals surface area contributed by atoms with Crippen LogP contribution in [0.1, 0.15) is 23.7 Å². The van der Waals surface area contributed by atoms with Gasteiger partial charge in [0, 0.05) is 42.5 Å². The van der Waals surface area contributed by atoms with Crippen LogP contribution in [0, 0.1) is 5.41 Å². The number of anilines is 1. The number of nitrogens with one attached hydrogen (secondary N) is 2. The first-order valence-electron chi connectivity index (χ1n) is 10.2. The average molecular weight is 422 g/mol. The van der Waals surface area contributed by atoms with Crippen molar-refractivity contribution in [2.45, 2.75) is 18.9 Å². The highest BCUT2D eigenvalue weighted by Crippen LogP contribution is 2.48. The predicted octanol–water partition coefficient (Wildman–Crippen LogP) is 2.49. The van der Waals surface area contributed by atoms with Crippen LogP contribution in [0.5, 0.6) is 0 Å². The molecular weight excluding hydrogens is 404 g/mol. The molecule has 3 aromatic rings. The molecule has 3 aliphatic rings. The number of rotatable bonds is 3. The largest absolute Gasteiger partial charge is 0.330 e. The van der Waals surface area contributed by atoms with Crippen molar-refractivity contribution < 1.29 is 9.59 Å². The second-order valence-electron chi connectivity index (χ2n) is 8.07. The van der Waals surface area contributed by atoms with Crippen molar-refractivity contribution in [2.24, 2.45) is 4.99 Å². The first-order valence-corrected chi connectivity index (χ1v) is 10.2. The maximum absolute atomic E-state index is 13.3. The van der Waals surface area contributed by atoms with Crippen molar-refractivity contribution in [1.82, 2.24) is 14.7 Å². The van der Waals surface area contributed by atoms with Crippen LogP contribution in [0.25, 0.3) is 11.2 Å². The summed E-state index contributed by atoms with van der Waals surface area (Å²) in [4.78, 5) is 37.1. The minimum absolute atomic E-state index is 0.244. The fourth-order valence-corrected chi connectivity index (χ4v) is 5.05. The highest BCUT2D eigenvalue weighted by Gasteiger charge is 2.55. The molecule has 0 aliphatic carbocycles. The van der Waals surface area contributed by atoms with E-state index in [2.05, 4.69) is 15.3 Å². The van der Waals surface area contributed by atoms with Crippen LogP contribution >= 0.6 is 0 Å². The number of imidazole rings is 1. The molecule has 8 nitrogen and oxygen atoms in total. The van der Waals surface area contributed by atoms with Crippen molar-refractivity contribution >= 4 is 40.6 Å². The van der Waals surface area contributed by atoms with E-state index in [1.807, 2.05) is 47.5 Å². The van der Waals surface area contributed by atoms with Crippen molar-refractivity contribution in [2.75, 3.05) is 4.90 Å². The highest BCUT2D eigenvalue weighted by molar-refractivity contribution is 6.38. The van der Waals surface area contributed by atoms with Gasteiger partial charge in [0.25, 0.3) is 11.8 Å². The lowest BCUT2D eigenvalue weighted by Gasteiger charge is -2.38. The molecule has 0 spiro atoms. The van der Waals surface area contributed by atoms with E-state index >= 15 is 0 Å². The van der Waals surface area contributed by atoms with Crippen LogP contribution in [-0.4, -0.2) is 38.7 Å². The maximum atomic E-state index is 13.3. The summed E-state index contributed by atoms with van der Waals surface area (Å²) >= 11 is 0. The highest BCUT2D eigenvalue weighted by atomic mass is 16.2. The molecule has 156 valence electrons. The van der Waals surface area contributed by atoms with Gasteiger partial charge in [-0.1, -0.05) is 24.3 Å². The van der Waals surface area contributed by atoms with Gasteiger partial charge in [0.15, 0.2) is 0 Å². The summed E-state index contributed by atoms with van der Waals surface area (Å²) in [6, 6.07) is 11.4. The Morgan fingerprint density at radius 2 is 2.03 bits per heavy atom. The zero-order chi connectivity index (χ0) is 22.0. The van der Waals surface area contributed by atoms with Crippen LogP contribution in [0.2, 0.25) is 0 Å². The van der Waals surface area contributed by atoms with E-state index in [1.54, 1.807) is 36.1 Å². The number of amides is 2. The quantitative estimate of drug-likeness (QED) is 0.500. The SMILES string of the molecule is CC(=N)C1(C2=C(c3cnc4ccccn34)C(=O)NC2=O)Cc2cccc3c2N1C=CN=C3. The Morgan fingerprint density at radius 3 is 2.88 bits per heavy atom. The summed E-state index contributed by atoms with van der Waals surface area (Å²) in [5.41, 5.74) is 3.58. The van der Waals surface area contributed by atoms with Gasteiger partial charge in [0.1, 0.15) is 11.2 Å². The third-order valence-corrected chi connectivity index (χ3v) is 6.40. The zero-order valence-electron chi connectivity index (χ0n) is 17.2. The molecular formula is C24H18N6O2. The maximum Gasteiger partial charge on any atom is 0.260 e. The number of nitrogens with zero attached hydrogens (tertiary/aromatic N) is 4. The Bertz CT molecular complexity index is 1460. The fourth-order valence-electron chi connectivity index (χ4n) is 5.05. The first kappa shape index (κ1) is 18.4. The zero-order valence-corrected chi connectivity index (χ0v) is 17.2. The number of aromatic nitrogens is 2. The molecule has 5 heterocycles. The average Bonchev–Trinajstić information content (AvgIpc) is 3.36. The van der Waals surface area contributed by atoms with Gasteiger partial charge < -0.3 is 10.3 Å². The minimum Gasteiger partial charge on any atom is -0.330 e. The summed E-state index contributed by atoms with van der Waals surface area (Å²) in [6.07, 6.45) is 9.00. The van der Waals surface area contributed by atoms with E-state index in [-0.39, 0.29) is 16.9 Å². The summed E-state index contributed by atoms with van der Waals surface area (Å²) < 4.78 is 1.79. The molecule has 0 fully saturated rings. The molecule has 0 saturated heterocycles. The fraction of sp³-hybridized carbons (Fsp3) is 0.125. The molecule has 2 N–H and O–H groups in total. The van der Waals surface area contributed by atoms with E-state index in [9.17, 15) is 9.59 Å². The van der Waals surface area contributed by atoms with Gasteiger partial charge in [-0.3, -0.25) is 24.3 Å². The number of carbonyl (C=O) groups excluding carboxylic acids is 2. The number of para-hydroxylation sites is 1. The molecule has 8 heteroatoms. The smallest absolute Gasteiger partial charge is 0.260 e. The number of hydrogen-bond donors (Lipinski definition) is 2. The topological polar surface area (TPSA) is 103 Å². The second kappa shape index (κ2) is 6.34. The minimum atomic E-state index is -1.16. The van der Waals surface area contributed by atoms with Crippen LogP contribution in [0.3, 0.4) is 0 Å². The molecule has 1 atom stereocenters. The predicted molar refractivity (Wildman–Crippen MR) is 121 cm³/mol. The molecule has 2 amide bonds. The van der Waals surface area contributed by atoms with Gasteiger partial charge in [-0.05, 0) is 24.6 Å². The van der Waals surface area contributed by atoms with Crippen LogP contribution in [-0.2, 0) is 16.0 Å². The third-order valence-electron chi connectivity index (χ3n) is 6.40. The Morgan fingerprint density at radius 1 is 1.16 bits per heavy atom. The van der Waals surface area contributed by atoms with Crippen molar-refractivity contribution in [3.63, 3.8) is 0 Å². The number of hydrogen-bond acceptors (Lipinski definition) is 6. The van der Waals surface area contributed by atoms with Gasteiger partial charge in [-0.15, -0.1) is 0 Å². The third kappa shape index (κ3) is 2.23. The molecule has 0 saturated carbocycles. The van der Waals surface area contributed by atoms with Gasteiger partial charge >= 0.3 is 0 Å². The molecule has 3 aliphatic heterocycles. The number of benzene rings is 1. The lowest BCUT2D eigenvalue weighted by atomic mass is 9.79. The van der Waals surface area contributed by atoms with E-state index < -0.39 is 17.4 Å². The van der Waals surface area contributed by atoms with E-state index in [0.29, 0.717) is 17.8 Å². The molecule has 6 rings (SSSR count). The molecule has 0 bridgehead atoms. The first-order chi connectivity index (χ1) is 15.5. The van der Waals surface area contributed by atoms with Crippen LogP contribution < -0.4 is 10.2 Å². The molecule has 2 aromatic heterocycles. The molecule has 1 aromatic carbocycles. The van der Waals surface area contributed by atoms with Crippen molar-refractivity contribution in [1.29, 1.82) is 5.41 Å². The number of carbonyl (C=O) groups is 2. The second-order valence-corrected chi connectivity index (χ2v) is 8.07. The number of pyridine rings is 1. The summed E-state index contributed by atoms with van der Waals surface area (Å²) in [5, 5.41) is 11.3. The lowest BCUT2D eigenvalue weighted by molar-refractivity contribution is -0.123. The Hall–Kier alpha value is -4.33. The lowest BCUT2D eigenvalue weighted by Crippen LogP contribution is -2.53. The molecule has 0 radical (unpaired) electrons.